The highest BCUT2D eigenvalue weighted by molar-refractivity contribution is 6.35. The molecule has 0 bridgehead atoms. The topological polar surface area (TPSA) is 109 Å². The summed E-state index contributed by atoms with van der Waals surface area (Å²) in [7, 11) is 0. The van der Waals surface area contributed by atoms with Crippen LogP contribution in [0.4, 0.5) is 5.69 Å². The fourth-order valence-electron chi connectivity index (χ4n) is 2.61. The molecule has 31 heavy (non-hydrogen) atoms. The van der Waals surface area contributed by atoms with E-state index in [0.717, 1.165) is 30.5 Å². The van der Waals surface area contributed by atoms with Crippen LogP contribution in [-0.2, 0) is 20.8 Å². The van der Waals surface area contributed by atoms with Crippen molar-refractivity contribution in [2.75, 3.05) is 18.5 Å². The number of nitrogens with one attached hydrogen (secondary N) is 3. The summed E-state index contributed by atoms with van der Waals surface area (Å²) >= 11 is 0. The average Bonchev–Trinajstić information content (AvgIpc) is 2.79. The zero-order chi connectivity index (χ0) is 22.5. The van der Waals surface area contributed by atoms with E-state index in [1.807, 2.05) is 38.1 Å². The predicted octanol–water partition coefficient (Wildman–Crippen LogP) is 2.63. The van der Waals surface area contributed by atoms with Gasteiger partial charge in [0.25, 0.3) is 5.91 Å². The highest BCUT2D eigenvalue weighted by atomic mass is 16.5. The van der Waals surface area contributed by atoms with Crippen LogP contribution in [0, 0.1) is 0 Å². The fourth-order valence-corrected chi connectivity index (χ4v) is 2.61. The predicted molar refractivity (Wildman–Crippen MR) is 120 cm³/mol. The van der Waals surface area contributed by atoms with Gasteiger partial charge in [-0.3, -0.25) is 14.4 Å². The Bertz CT molecular complexity index is 910. The van der Waals surface area contributed by atoms with Crippen molar-refractivity contribution >= 4 is 29.6 Å². The molecular weight excluding hydrogens is 396 g/mol. The number of nitrogens with zero attached hydrogens (tertiary/aromatic N) is 1. The van der Waals surface area contributed by atoms with Crippen LogP contribution in [0.15, 0.2) is 53.6 Å². The number of hydrogen-bond acceptors (Lipinski definition) is 5. The van der Waals surface area contributed by atoms with Crippen LogP contribution in [0.3, 0.4) is 0 Å². The first-order valence-corrected chi connectivity index (χ1v) is 10.2. The van der Waals surface area contributed by atoms with Gasteiger partial charge < -0.3 is 15.4 Å². The summed E-state index contributed by atoms with van der Waals surface area (Å²) in [6.07, 6.45) is 3.97. The summed E-state index contributed by atoms with van der Waals surface area (Å²) in [5.74, 6) is -1.25. The van der Waals surface area contributed by atoms with E-state index in [-0.39, 0.29) is 12.5 Å². The monoisotopic (exact) mass is 424 g/mol. The molecule has 2 rings (SSSR count). The van der Waals surface area contributed by atoms with Gasteiger partial charge in [-0.25, -0.2) is 5.43 Å². The summed E-state index contributed by atoms with van der Waals surface area (Å²) in [5.41, 5.74) is 4.72. The number of ether oxygens (including phenoxy) is 1. The summed E-state index contributed by atoms with van der Waals surface area (Å²) in [5, 5.41) is 9.13. The van der Waals surface area contributed by atoms with Crippen LogP contribution in [0.5, 0.6) is 5.75 Å². The number of unbranched alkanes of at least 4 members (excludes halogenated alkanes) is 1. The fraction of sp³-hybridized carbons (Fsp3) is 0.304. The molecule has 2 aromatic carbocycles. The van der Waals surface area contributed by atoms with Gasteiger partial charge in [0.05, 0.1) is 6.21 Å². The molecule has 8 heteroatoms. The van der Waals surface area contributed by atoms with Gasteiger partial charge in [-0.15, -0.1) is 0 Å². The van der Waals surface area contributed by atoms with Crippen molar-refractivity contribution in [3.05, 3.63) is 59.7 Å². The Kier molecular flexibility index (Phi) is 9.74. The van der Waals surface area contributed by atoms with Crippen molar-refractivity contribution in [2.24, 2.45) is 5.10 Å². The number of amides is 3. The zero-order valence-electron chi connectivity index (χ0n) is 17.8. The number of benzene rings is 2. The van der Waals surface area contributed by atoms with E-state index in [0.29, 0.717) is 17.9 Å². The molecule has 0 heterocycles. The lowest BCUT2D eigenvalue weighted by Crippen LogP contribution is -2.38. The lowest BCUT2D eigenvalue weighted by molar-refractivity contribution is -0.139. The van der Waals surface area contributed by atoms with Crippen LogP contribution >= 0.6 is 0 Å². The van der Waals surface area contributed by atoms with Gasteiger partial charge >= 0.3 is 11.8 Å². The Balaban J connectivity index is 1.77. The second kappa shape index (κ2) is 12.8. The molecule has 0 saturated heterocycles. The third-order valence-electron chi connectivity index (χ3n) is 4.32. The maximum atomic E-state index is 12.1. The summed E-state index contributed by atoms with van der Waals surface area (Å²) in [6, 6.07) is 14.5. The molecule has 0 fully saturated rings. The molecule has 0 spiro atoms. The smallest absolute Gasteiger partial charge is 0.329 e. The van der Waals surface area contributed by atoms with Gasteiger partial charge in [0, 0.05) is 12.2 Å². The van der Waals surface area contributed by atoms with Crippen LogP contribution in [0.2, 0.25) is 0 Å². The van der Waals surface area contributed by atoms with Crippen molar-refractivity contribution in [2.45, 2.75) is 33.1 Å². The first-order chi connectivity index (χ1) is 15.0. The molecule has 0 saturated carbocycles. The van der Waals surface area contributed by atoms with Crippen LogP contribution in [0.25, 0.3) is 0 Å². The molecule has 0 aliphatic rings. The maximum Gasteiger partial charge on any atom is 0.329 e. The molecule has 8 nitrogen and oxygen atoms in total. The summed E-state index contributed by atoms with van der Waals surface area (Å²) in [6.45, 7) is 4.36. The minimum absolute atomic E-state index is 0.116. The molecule has 0 aromatic heterocycles. The third-order valence-corrected chi connectivity index (χ3v) is 4.32. The van der Waals surface area contributed by atoms with Crippen LogP contribution < -0.4 is 20.8 Å². The van der Waals surface area contributed by atoms with Crippen LogP contribution in [0.1, 0.15) is 37.8 Å². The minimum Gasteiger partial charge on any atom is -0.484 e. The second-order valence-electron chi connectivity index (χ2n) is 6.73. The van der Waals surface area contributed by atoms with Crippen molar-refractivity contribution in [3.8, 4) is 5.75 Å². The lowest BCUT2D eigenvalue weighted by atomic mass is 10.1. The summed E-state index contributed by atoms with van der Waals surface area (Å²) in [4.78, 5) is 35.3. The molecule has 0 unspecified atom stereocenters. The van der Waals surface area contributed by atoms with Gasteiger partial charge in [-0.2, -0.15) is 5.10 Å². The first-order valence-electron chi connectivity index (χ1n) is 10.2. The normalized spacial score (nSPS) is 10.5. The molecule has 164 valence electrons. The number of anilines is 1. The van der Waals surface area contributed by atoms with E-state index in [1.54, 1.807) is 24.3 Å². The largest absolute Gasteiger partial charge is 0.484 e. The number of para-hydroxylation sites is 1. The number of hydrazone groups is 1. The van der Waals surface area contributed by atoms with Gasteiger partial charge in [-0.1, -0.05) is 38.5 Å². The highest BCUT2D eigenvalue weighted by Crippen LogP contribution is 2.16. The molecule has 0 atom stereocenters. The Morgan fingerprint density at radius 1 is 1.00 bits per heavy atom. The lowest BCUT2D eigenvalue weighted by Gasteiger charge is -2.10. The van der Waals surface area contributed by atoms with Gasteiger partial charge in [0.2, 0.25) is 0 Å². The van der Waals surface area contributed by atoms with E-state index in [2.05, 4.69) is 21.2 Å². The van der Waals surface area contributed by atoms with E-state index in [1.165, 1.54) is 6.21 Å². The van der Waals surface area contributed by atoms with Crippen molar-refractivity contribution in [3.63, 3.8) is 0 Å². The molecule has 0 aliphatic heterocycles. The Labute approximate surface area is 182 Å². The molecular formula is C23H28N4O4. The van der Waals surface area contributed by atoms with E-state index < -0.39 is 11.8 Å². The maximum absolute atomic E-state index is 12.1. The van der Waals surface area contributed by atoms with Crippen molar-refractivity contribution < 1.29 is 19.1 Å². The van der Waals surface area contributed by atoms with E-state index in [9.17, 15) is 14.4 Å². The Morgan fingerprint density at radius 2 is 1.74 bits per heavy atom. The molecule has 0 radical (unpaired) electrons. The van der Waals surface area contributed by atoms with Crippen molar-refractivity contribution in [1.82, 2.24) is 10.7 Å². The minimum atomic E-state index is -0.817. The van der Waals surface area contributed by atoms with Gasteiger partial charge in [0.1, 0.15) is 5.75 Å². The molecule has 3 amide bonds. The third kappa shape index (κ3) is 8.30. The van der Waals surface area contributed by atoms with Crippen molar-refractivity contribution in [1.29, 1.82) is 0 Å². The number of carbonyl (C=O) groups is 3. The zero-order valence-corrected chi connectivity index (χ0v) is 17.8. The molecule has 3 N–H and O–H groups in total. The SMILES string of the molecule is CCCCNC(=O)C(=O)N/N=C\c1ccc(OCC(=O)Nc2ccccc2CC)cc1. The van der Waals surface area contributed by atoms with E-state index >= 15 is 0 Å². The highest BCUT2D eigenvalue weighted by Gasteiger charge is 2.11. The Morgan fingerprint density at radius 3 is 2.45 bits per heavy atom. The molecule has 2 aromatic rings. The number of rotatable bonds is 10. The Hall–Kier alpha value is -3.68. The quantitative estimate of drug-likeness (QED) is 0.236. The number of hydrogen-bond donors (Lipinski definition) is 3. The van der Waals surface area contributed by atoms with Crippen LogP contribution in [-0.4, -0.2) is 37.1 Å². The standard InChI is InChI=1S/C23H28N4O4/c1-3-5-14-24-22(29)23(30)27-25-15-17-10-12-19(13-11-17)31-16-21(28)26-20-9-7-6-8-18(20)4-2/h6-13,15H,3-5,14,16H2,1-2H3,(H,24,29)(H,26,28)(H,27,30)/b25-15-. The average molecular weight is 425 g/mol. The van der Waals surface area contributed by atoms with Gasteiger partial charge in [-0.05, 0) is 54.3 Å². The van der Waals surface area contributed by atoms with E-state index in [4.69, 9.17) is 4.74 Å². The second-order valence-corrected chi connectivity index (χ2v) is 6.73. The first kappa shape index (κ1) is 23.6. The van der Waals surface area contributed by atoms with Gasteiger partial charge in [0.15, 0.2) is 6.61 Å². The molecule has 0 aliphatic carbocycles. The summed E-state index contributed by atoms with van der Waals surface area (Å²) < 4.78 is 5.51. The number of carbonyl (C=O) groups excluding carboxylic acids is 3. The number of aryl methyl sites for hydroxylation is 1.